The van der Waals surface area contributed by atoms with Crippen LogP contribution in [0.25, 0.3) is 0 Å². The minimum atomic E-state index is -0.0454. The van der Waals surface area contributed by atoms with Crippen molar-refractivity contribution in [1.29, 1.82) is 0 Å². The lowest BCUT2D eigenvalue weighted by Gasteiger charge is -2.19. The largest absolute Gasteiger partial charge is 0.372 e. The molecule has 1 aromatic heterocycles. The van der Waals surface area contributed by atoms with Gasteiger partial charge in [0, 0.05) is 30.5 Å². The second-order valence-electron chi connectivity index (χ2n) is 6.97. The molecule has 2 aromatic rings. The number of nitrogens with two attached hydrogens (primary N) is 1. The zero-order valence-electron chi connectivity index (χ0n) is 14.9. The number of carbonyl (C=O) groups is 1. The Labute approximate surface area is 157 Å². The number of hydrogen-bond donors (Lipinski definition) is 2. The van der Waals surface area contributed by atoms with Crippen molar-refractivity contribution in [3.05, 3.63) is 23.8 Å². The molecule has 4 rings (SSSR count). The van der Waals surface area contributed by atoms with Crippen LogP contribution in [0.1, 0.15) is 37.3 Å². The van der Waals surface area contributed by atoms with Crippen molar-refractivity contribution in [3.8, 4) is 0 Å². The molecular formula is C18H24N6OS. The van der Waals surface area contributed by atoms with Crippen LogP contribution in [0.15, 0.2) is 23.4 Å². The Bertz CT molecular complexity index is 810. The van der Waals surface area contributed by atoms with Crippen LogP contribution in [0, 0.1) is 6.92 Å². The molecule has 7 nitrogen and oxygen atoms in total. The van der Waals surface area contributed by atoms with Crippen molar-refractivity contribution < 1.29 is 4.79 Å². The maximum absolute atomic E-state index is 12.4. The summed E-state index contributed by atoms with van der Waals surface area (Å²) in [7, 11) is 0. The first-order valence-electron chi connectivity index (χ1n) is 9.10. The Balaban J connectivity index is 1.36. The van der Waals surface area contributed by atoms with E-state index in [4.69, 9.17) is 5.73 Å². The van der Waals surface area contributed by atoms with Crippen LogP contribution in [0.3, 0.4) is 0 Å². The van der Waals surface area contributed by atoms with E-state index in [9.17, 15) is 4.79 Å². The molecule has 3 N–H and O–H groups in total. The fourth-order valence-corrected chi connectivity index (χ4v) is 4.15. The third-order valence-electron chi connectivity index (χ3n) is 4.89. The molecule has 0 atom stereocenters. The van der Waals surface area contributed by atoms with Gasteiger partial charge in [-0.25, -0.2) is 0 Å². The Kier molecular flexibility index (Phi) is 4.76. The van der Waals surface area contributed by atoms with Crippen molar-refractivity contribution in [2.75, 3.05) is 34.8 Å². The molecule has 2 aliphatic rings. The Morgan fingerprint density at radius 2 is 2.08 bits per heavy atom. The van der Waals surface area contributed by atoms with E-state index in [-0.39, 0.29) is 11.7 Å². The molecule has 2 heterocycles. The second kappa shape index (κ2) is 7.19. The van der Waals surface area contributed by atoms with E-state index >= 15 is 0 Å². The third-order valence-corrected chi connectivity index (χ3v) is 5.83. The van der Waals surface area contributed by atoms with Crippen molar-refractivity contribution >= 4 is 35.0 Å². The fourth-order valence-electron chi connectivity index (χ4n) is 3.34. The number of nitrogen functional groups attached to an aromatic ring is 1. The standard InChI is InChI=1S/C18H24N6OS/c1-12-10-14(23-8-2-3-9-23)6-7-15(12)20-16(25)11-26-18-22-21-17(19)24(18)13-4-5-13/h6-7,10,13H,2-5,8-9,11H2,1H3,(H2,19,21)(H,20,25). The summed E-state index contributed by atoms with van der Waals surface area (Å²) in [5.74, 6) is 0.678. The average Bonchev–Trinajstić information content (AvgIpc) is 3.16. The van der Waals surface area contributed by atoms with Crippen LogP contribution in [0.4, 0.5) is 17.3 Å². The lowest BCUT2D eigenvalue weighted by Crippen LogP contribution is -2.18. The third kappa shape index (κ3) is 3.65. The van der Waals surface area contributed by atoms with Crippen LogP contribution in [0.5, 0.6) is 0 Å². The number of aromatic nitrogens is 3. The molecule has 0 spiro atoms. The minimum absolute atomic E-state index is 0.0454. The summed E-state index contributed by atoms with van der Waals surface area (Å²) in [6.45, 7) is 4.27. The summed E-state index contributed by atoms with van der Waals surface area (Å²) in [4.78, 5) is 14.7. The number of anilines is 3. The van der Waals surface area contributed by atoms with Gasteiger partial charge in [-0.05, 0) is 56.4 Å². The molecule has 0 bridgehead atoms. The number of nitrogens with one attached hydrogen (secondary N) is 1. The number of thioether (sulfide) groups is 1. The van der Waals surface area contributed by atoms with Crippen LogP contribution >= 0.6 is 11.8 Å². The Hall–Kier alpha value is -2.22. The number of hydrogen-bond acceptors (Lipinski definition) is 6. The molecular weight excluding hydrogens is 348 g/mol. The van der Waals surface area contributed by atoms with E-state index in [1.807, 2.05) is 17.6 Å². The van der Waals surface area contributed by atoms with Crippen molar-refractivity contribution in [3.63, 3.8) is 0 Å². The maximum atomic E-state index is 12.4. The van der Waals surface area contributed by atoms with E-state index < -0.39 is 0 Å². The summed E-state index contributed by atoms with van der Waals surface area (Å²) in [5.41, 5.74) is 9.05. The van der Waals surface area contributed by atoms with E-state index in [1.165, 1.54) is 30.3 Å². The van der Waals surface area contributed by atoms with Gasteiger partial charge in [0.1, 0.15) is 0 Å². The summed E-state index contributed by atoms with van der Waals surface area (Å²) in [5, 5.41) is 11.8. The maximum Gasteiger partial charge on any atom is 0.234 e. The first-order chi connectivity index (χ1) is 12.6. The van der Waals surface area contributed by atoms with Gasteiger partial charge in [0.15, 0.2) is 5.16 Å². The normalized spacial score (nSPS) is 16.9. The molecule has 0 radical (unpaired) electrons. The van der Waals surface area contributed by atoms with Gasteiger partial charge >= 0.3 is 0 Å². The molecule has 1 aliphatic carbocycles. The van der Waals surface area contributed by atoms with Gasteiger partial charge in [-0.15, -0.1) is 10.2 Å². The van der Waals surface area contributed by atoms with Gasteiger partial charge in [0.25, 0.3) is 0 Å². The lowest BCUT2D eigenvalue weighted by molar-refractivity contribution is -0.113. The summed E-state index contributed by atoms with van der Waals surface area (Å²) >= 11 is 1.38. The number of benzene rings is 1. The molecule has 1 saturated heterocycles. The molecule has 1 saturated carbocycles. The van der Waals surface area contributed by atoms with Crippen LogP contribution in [-0.4, -0.2) is 39.5 Å². The van der Waals surface area contributed by atoms with Gasteiger partial charge in [0.2, 0.25) is 11.9 Å². The monoisotopic (exact) mass is 372 g/mol. The minimum Gasteiger partial charge on any atom is -0.372 e. The molecule has 138 valence electrons. The number of carbonyl (C=O) groups excluding carboxylic acids is 1. The van der Waals surface area contributed by atoms with E-state index in [0.717, 1.165) is 42.3 Å². The van der Waals surface area contributed by atoms with Crippen molar-refractivity contribution in [1.82, 2.24) is 14.8 Å². The first-order valence-corrected chi connectivity index (χ1v) is 10.1. The van der Waals surface area contributed by atoms with Crippen LogP contribution in [-0.2, 0) is 4.79 Å². The lowest BCUT2D eigenvalue weighted by atomic mass is 10.1. The summed E-state index contributed by atoms with van der Waals surface area (Å²) in [6.07, 6.45) is 4.71. The highest BCUT2D eigenvalue weighted by atomic mass is 32.2. The highest BCUT2D eigenvalue weighted by Crippen LogP contribution is 2.39. The van der Waals surface area contributed by atoms with Gasteiger partial charge in [-0.2, -0.15) is 0 Å². The van der Waals surface area contributed by atoms with E-state index in [1.54, 1.807) is 0 Å². The van der Waals surface area contributed by atoms with Gasteiger partial charge < -0.3 is 16.0 Å². The molecule has 2 fully saturated rings. The topological polar surface area (TPSA) is 89.1 Å². The zero-order valence-corrected chi connectivity index (χ0v) is 15.8. The van der Waals surface area contributed by atoms with E-state index in [0.29, 0.717) is 12.0 Å². The van der Waals surface area contributed by atoms with Gasteiger partial charge in [-0.3, -0.25) is 9.36 Å². The zero-order chi connectivity index (χ0) is 18.1. The number of nitrogens with zero attached hydrogens (tertiary/aromatic N) is 4. The predicted octanol–water partition coefficient (Wildman–Crippen LogP) is 2.83. The van der Waals surface area contributed by atoms with Crippen LogP contribution in [0.2, 0.25) is 0 Å². The fraction of sp³-hybridized carbons (Fsp3) is 0.500. The summed E-state index contributed by atoms with van der Waals surface area (Å²) < 4.78 is 1.94. The Morgan fingerprint density at radius 1 is 1.31 bits per heavy atom. The van der Waals surface area contributed by atoms with Crippen molar-refractivity contribution in [2.45, 2.75) is 43.8 Å². The molecule has 1 aliphatic heterocycles. The highest BCUT2D eigenvalue weighted by Gasteiger charge is 2.29. The molecule has 8 heteroatoms. The van der Waals surface area contributed by atoms with Gasteiger partial charge in [0.05, 0.1) is 5.75 Å². The van der Waals surface area contributed by atoms with E-state index in [2.05, 4.69) is 32.5 Å². The number of rotatable bonds is 6. The SMILES string of the molecule is Cc1cc(N2CCCC2)ccc1NC(=O)CSc1nnc(N)n1C1CC1. The van der Waals surface area contributed by atoms with Gasteiger partial charge in [-0.1, -0.05) is 11.8 Å². The summed E-state index contributed by atoms with van der Waals surface area (Å²) in [6, 6.07) is 6.64. The molecule has 26 heavy (non-hydrogen) atoms. The van der Waals surface area contributed by atoms with Crippen molar-refractivity contribution in [2.24, 2.45) is 0 Å². The quantitative estimate of drug-likeness (QED) is 0.758. The average molecular weight is 372 g/mol. The molecule has 0 unspecified atom stereocenters. The smallest absolute Gasteiger partial charge is 0.234 e. The number of amides is 1. The predicted molar refractivity (Wildman–Crippen MR) is 105 cm³/mol. The number of aryl methyl sites for hydroxylation is 1. The second-order valence-corrected chi connectivity index (χ2v) is 7.91. The highest BCUT2D eigenvalue weighted by molar-refractivity contribution is 7.99. The molecule has 1 aromatic carbocycles. The Morgan fingerprint density at radius 3 is 2.77 bits per heavy atom. The molecule has 1 amide bonds. The van der Waals surface area contributed by atoms with Crippen LogP contribution < -0.4 is 16.0 Å². The first kappa shape index (κ1) is 17.2.